The van der Waals surface area contributed by atoms with E-state index in [1.165, 1.54) is 20.1 Å². The maximum absolute atomic E-state index is 13.6. The molecule has 4 aliphatic carbocycles. The van der Waals surface area contributed by atoms with E-state index in [0.717, 1.165) is 11.1 Å². The molecule has 26 heteroatoms. The van der Waals surface area contributed by atoms with Gasteiger partial charge in [-0.3, -0.25) is 4.79 Å². The monoisotopic (exact) mass is 1360 g/mol. The average molecular weight is 1360 g/mol. The molecule has 33 atom stereocenters. The van der Waals surface area contributed by atoms with Crippen molar-refractivity contribution in [3.8, 4) is 0 Å². The second-order valence-electron chi connectivity index (χ2n) is 29.5. The molecule has 6 aliphatic heterocycles. The van der Waals surface area contributed by atoms with Crippen molar-refractivity contribution in [3.05, 3.63) is 23.3 Å². The van der Waals surface area contributed by atoms with E-state index in [1.54, 1.807) is 35.4 Å². The highest BCUT2D eigenvalue weighted by Crippen LogP contribution is 2.70. The van der Waals surface area contributed by atoms with Crippen LogP contribution in [0.5, 0.6) is 0 Å². The fraction of sp³-hybridized carbons (Fsp3) is 0.913. The highest BCUT2D eigenvalue weighted by atomic mass is 16.8. The van der Waals surface area contributed by atoms with Gasteiger partial charge in [0, 0.05) is 91.0 Å². The van der Waals surface area contributed by atoms with Crippen LogP contribution in [0.15, 0.2) is 23.3 Å². The van der Waals surface area contributed by atoms with E-state index < -0.39 is 206 Å². The van der Waals surface area contributed by atoms with Gasteiger partial charge in [0.2, 0.25) is 0 Å². The molecule has 0 aromatic rings. The molecule has 0 spiro atoms. The van der Waals surface area contributed by atoms with Crippen LogP contribution in [0.25, 0.3) is 0 Å². The normalized spacial score (nSPS) is 49.7. The molecular weight excluding hydrogens is 1240 g/mol. The van der Waals surface area contributed by atoms with Crippen molar-refractivity contribution in [2.75, 3.05) is 42.2 Å². The quantitative estimate of drug-likeness (QED) is 0.0498. The van der Waals surface area contributed by atoms with Crippen molar-refractivity contribution in [1.82, 2.24) is 0 Å². The van der Waals surface area contributed by atoms with E-state index in [1.807, 2.05) is 55.4 Å². The average Bonchev–Trinajstić information content (AvgIpc) is 1.63. The summed E-state index contributed by atoms with van der Waals surface area (Å²) < 4.78 is 114. The lowest BCUT2D eigenvalue weighted by Crippen LogP contribution is -2.75. The summed E-state index contributed by atoms with van der Waals surface area (Å²) in [7, 11) is 8.02. The smallest absolute Gasteiger partial charge is 0.330 e. The molecule has 6 heterocycles. The zero-order chi connectivity index (χ0) is 69.0. The van der Waals surface area contributed by atoms with Gasteiger partial charge in [-0.2, -0.15) is 0 Å². The van der Waals surface area contributed by atoms with Crippen molar-refractivity contribution in [2.24, 2.45) is 28.6 Å². The van der Waals surface area contributed by atoms with E-state index in [2.05, 4.69) is 13.0 Å². The maximum atomic E-state index is 13.6. The first-order valence-corrected chi connectivity index (χ1v) is 34.7. The standard InChI is InChI=1S/C69H112O26/c1-32(2)33(3)23-51(72)90-50-30-49-66(10)20-18-41(24-40(66)17-21-68(49,76)69(77)22-19-42(34(4)71)67(50,69)11)88-52-25-43(78-12)60(35(5)83-52)91-53-26-44(79-13)61(36(6)84-53)92-54-27-45(80-14)62(37(7)85-54)93-55-28-46(81-15)63(38(8)86-55)94-56-29-47(82-16)64(39(9)87-56)95-65-59(75)58(74)57(73)48(31-70)89-65/h17,23,32,35-39,41-50,52-65,70,73-77H,18-22,24-31H2,1-16H3/b33-23+/t35-,36-,37-,38-,39+,41+,42+,43+,44+,45-,46+,47+,48-,49-,50-,52+,53+,54+,55+,56-,57-,58+,59-,60-,61-,62-,63-,64+,65+,66+,67+,68+,69-/m1/s1. The third kappa shape index (κ3) is 14.7. The molecule has 10 rings (SSSR count). The van der Waals surface area contributed by atoms with Crippen LogP contribution >= 0.6 is 0 Å². The van der Waals surface area contributed by atoms with Gasteiger partial charge < -0.3 is 116 Å². The maximum Gasteiger partial charge on any atom is 0.330 e. The second-order valence-corrected chi connectivity index (χ2v) is 29.5. The van der Waals surface area contributed by atoms with Gasteiger partial charge in [0.1, 0.15) is 78.0 Å². The summed E-state index contributed by atoms with van der Waals surface area (Å²) in [5.74, 6) is -1.50. The van der Waals surface area contributed by atoms with E-state index in [0.29, 0.717) is 57.8 Å². The zero-order valence-electron chi connectivity index (χ0n) is 58.5. The molecule has 6 N–H and O–H groups in total. The van der Waals surface area contributed by atoms with E-state index in [4.69, 9.17) is 85.3 Å². The highest BCUT2D eigenvalue weighted by Gasteiger charge is 2.77. The van der Waals surface area contributed by atoms with Gasteiger partial charge in [0.05, 0.1) is 73.8 Å². The van der Waals surface area contributed by atoms with Crippen LogP contribution < -0.4 is 0 Å². The number of fused-ring (bicyclic) bond motifs is 5. The largest absolute Gasteiger partial charge is 0.458 e. The number of rotatable bonds is 22. The number of carbonyl (C=O) groups is 2. The minimum atomic E-state index is -1.68. The van der Waals surface area contributed by atoms with Crippen LogP contribution in [-0.4, -0.2) is 262 Å². The number of methoxy groups -OCH3 is 5. The summed E-state index contributed by atoms with van der Waals surface area (Å²) >= 11 is 0. The fourth-order valence-corrected chi connectivity index (χ4v) is 17.9. The molecule has 3 saturated carbocycles. The molecule has 0 aromatic heterocycles. The first-order chi connectivity index (χ1) is 45.0. The second kappa shape index (κ2) is 30.7. The number of ether oxygens (including phenoxy) is 18. The number of esters is 1. The molecule has 95 heavy (non-hydrogen) atoms. The Morgan fingerprint density at radius 3 is 1.40 bits per heavy atom. The molecule has 0 unspecified atom stereocenters. The topological polar surface area (TPSA) is 322 Å². The molecule has 544 valence electrons. The third-order valence-electron chi connectivity index (χ3n) is 23.8. The Morgan fingerprint density at radius 2 is 1.00 bits per heavy atom. The number of Topliss-reactive ketones (excluding diaryl/α,β-unsaturated/α-hetero) is 1. The Labute approximate surface area is 559 Å². The van der Waals surface area contributed by atoms with Crippen molar-refractivity contribution >= 4 is 11.8 Å². The van der Waals surface area contributed by atoms with Gasteiger partial charge in [-0.25, -0.2) is 4.79 Å². The number of hydrogen-bond acceptors (Lipinski definition) is 26. The highest BCUT2D eigenvalue weighted by molar-refractivity contribution is 5.83. The molecule has 0 radical (unpaired) electrons. The third-order valence-corrected chi connectivity index (χ3v) is 23.8. The fourth-order valence-electron chi connectivity index (χ4n) is 17.9. The molecule has 0 aromatic carbocycles. The summed E-state index contributed by atoms with van der Waals surface area (Å²) in [6.07, 6.45) is -11.6. The molecule has 0 amide bonds. The number of aliphatic hydroxyl groups excluding tert-OH is 4. The Balaban J connectivity index is 0.697. The lowest BCUT2D eigenvalue weighted by Gasteiger charge is -2.66. The Morgan fingerprint density at radius 1 is 0.579 bits per heavy atom. The first kappa shape index (κ1) is 75.4. The van der Waals surface area contributed by atoms with Crippen molar-refractivity contribution in [2.45, 2.75) is 330 Å². The Kier molecular flexibility index (Phi) is 24.4. The van der Waals surface area contributed by atoms with Gasteiger partial charge in [0.25, 0.3) is 0 Å². The summed E-state index contributed by atoms with van der Waals surface area (Å²) in [5.41, 5.74) is -2.99. The van der Waals surface area contributed by atoms with Gasteiger partial charge in [-0.15, -0.1) is 0 Å². The van der Waals surface area contributed by atoms with Crippen LogP contribution in [0.3, 0.4) is 0 Å². The number of ketones is 1. The molecule has 0 bridgehead atoms. The Hall–Kier alpha value is -2.30. The van der Waals surface area contributed by atoms with Gasteiger partial charge in [-0.1, -0.05) is 44.9 Å². The number of aliphatic hydroxyl groups is 6. The predicted molar refractivity (Wildman–Crippen MR) is 334 cm³/mol. The number of allylic oxidation sites excluding steroid dienone is 1. The van der Waals surface area contributed by atoms with Crippen molar-refractivity contribution in [1.29, 1.82) is 0 Å². The van der Waals surface area contributed by atoms with Gasteiger partial charge >= 0.3 is 5.97 Å². The molecule has 10 aliphatic rings. The molecular formula is C69H112O26. The minimum Gasteiger partial charge on any atom is -0.458 e. The van der Waals surface area contributed by atoms with Crippen molar-refractivity contribution in [3.63, 3.8) is 0 Å². The van der Waals surface area contributed by atoms with Crippen molar-refractivity contribution < 1.29 is 125 Å². The first-order valence-electron chi connectivity index (χ1n) is 34.7. The lowest BCUT2D eigenvalue weighted by atomic mass is 9.43. The summed E-state index contributed by atoms with van der Waals surface area (Å²) in [6, 6.07) is 0. The van der Waals surface area contributed by atoms with Crippen LogP contribution in [0.1, 0.15) is 153 Å². The lowest BCUT2D eigenvalue weighted by molar-refractivity contribution is -0.360. The summed E-state index contributed by atoms with van der Waals surface area (Å²) in [6.45, 7) is 20.2. The molecule has 6 saturated heterocycles. The van der Waals surface area contributed by atoms with Crippen LogP contribution in [0.2, 0.25) is 0 Å². The van der Waals surface area contributed by atoms with Gasteiger partial charge in [0.15, 0.2) is 37.7 Å². The van der Waals surface area contributed by atoms with E-state index in [-0.39, 0.29) is 37.1 Å². The summed E-state index contributed by atoms with van der Waals surface area (Å²) in [5, 5.41) is 67.0. The molecule has 26 nitrogen and oxygen atoms in total. The molecule has 9 fully saturated rings. The minimum absolute atomic E-state index is 0.0857. The number of carbonyl (C=O) groups excluding carboxylic acids is 2. The predicted octanol–water partition coefficient (Wildman–Crippen LogP) is 4.37. The van der Waals surface area contributed by atoms with Crippen LogP contribution in [-0.2, 0) is 94.9 Å². The van der Waals surface area contributed by atoms with Crippen LogP contribution in [0, 0.1) is 28.6 Å². The SMILES string of the molecule is CO[C@H]1C[C@@H](O[C@H]2[C@@H](OC)C[C@H](O[C@@H]3[C@@H](C)O[C@@H](O[C@H]4[C@@H](OC)C[C@H](O[C@H]5[C@@H](OC)C[C@H](O[C@H]6CC[C@@]7(C)C(=CC[C@]8(O)[C@@H]7C[C@@H](OC(=O)/C=C(\C)C(C)C)[C@]7(C)[C@H](C(C)=O)CC[C@@]78O)C6)O[C@@H]5C)O[C@@H]4C)C[C@H]3OC)O[C@@H]2C)O[C@@H](C)[C@@H]1O[C@@H]1O[C@H](CO)[C@@H](O)[C@H](O)[C@H]1O. The zero-order valence-corrected chi connectivity index (χ0v) is 58.5. The summed E-state index contributed by atoms with van der Waals surface area (Å²) in [4.78, 5) is 26.9. The van der Waals surface area contributed by atoms with Crippen LogP contribution in [0.4, 0.5) is 0 Å². The van der Waals surface area contributed by atoms with Gasteiger partial charge in [-0.05, 0) is 105 Å². The van der Waals surface area contributed by atoms with E-state index >= 15 is 0 Å². The van der Waals surface area contributed by atoms with E-state index in [9.17, 15) is 40.2 Å². The Bertz CT molecular complexity index is 2630. The number of hydrogen-bond donors (Lipinski definition) is 6.